The van der Waals surface area contributed by atoms with Crippen LogP contribution < -0.4 is 10.0 Å². The second kappa shape index (κ2) is 8.55. The summed E-state index contributed by atoms with van der Waals surface area (Å²) in [6, 6.07) is 12.3. The molecular weight excluding hydrogens is 338 g/mol. The van der Waals surface area contributed by atoms with Crippen molar-refractivity contribution in [3.05, 3.63) is 58.9 Å². The van der Waals surface area contributed by atoms with Crippen molar-refractivity contribution in [2.45, 2.75) is 23.8 Å². The molecule has 1 saturated heterocycles. The molecule has 1 unspecified atom stereocenters. The Morgan fingerprint density at radius 2 is 1.96 bits per heavy atom. The maximum Gasteiger partial charge on any atom is 0.112 e. The Bertz CT molecular complexity index is 688. The summed E-state index contributed by atoms with van der Waals surface area (Å²) < 4.78 is 3.63. The van der Waals surface area contributed by atoms with E-state index in [1.54, 1.807) is 11.9 Å². The molecule has 0 amide bonds. The molecule has 1 fully saturated rings. The molecule has 3 nitrogen and oxygen atoms in total. The van der Waals surface area contributed by atoms with Crippen molar-refractivity contribution in [3.8, 4) is 12.3 Å². The summed E-state index contributed by atoms with van der Waals surface area (Å²) >= 11 is 7.65. The lowest BCUT2D eigenvalue weighted by atomic mass is 9.87. The second-order valence-corrected chi connectivity index (χ2v) is 7.21. The number of nitrogens with zero attached hydrogens (tertiary/aromatic N) is 1. The van der Waals surface area contributed by atoms with Crippen LogP contribution in [-0.2, 0) is 0 Å². The highest BCUT2D eigenvalue weighted by atomic mass is 35.5. The van der Waals surface area contributed by atoms with Gasteiger partial charge in [0.25, 0.3) is 0 Å². The van der Waals surface area contributed by atoms with Crippen molar-refractivity contribution in [2.75, 3.05) is 13.1 Å². The maximum atomic E-state index is 6.04. The topological polar surface area (TPSA) is 37.0 Å². The van der Waals surface area contributed by atoms with Crippen molar-refractivity contribution in [1.29, 1.82) is 0 Å². The molecule has 2 heterocycles. The van der Waals surface area contributed by atoms with Gasteiger partial charge in [0.1, 0.15) is 5.69 Å². The highest BCUT2D eigenvalue weighted by molar-refractivity contribution is 7.97. The quantitative estimate of drug-likeness (QED) is 0.625. The van der Waals surface area contributed by atoms with E-state index < -0.39 is 0 Å². The van der Waals surface area contributed by atoms with Crippen LogP contribution in [-0.4, -0.2) is 18.1 Å². The first kappa shape index (κ1) is 17.3. The fourth-order valence-corrected chi connectivity index (χ4v) is 3.90. The van der Waals surface area contributed by atoms with Gasteiger partial charge in [-0.3, -0.25) is 4.72 Å². The van der Waals surface area contributed by atoms with Crippen LogP contribution in [0, 0.1) is 18.3 Å². The normalized spacial score (nSPS) is 16.5. The largest absolute Gasteiger partial charge is 0.317 e. The Hall–Kier alpha value is -1.51. The van der Waals surface area contributed by atoms with Gasteiger partial charge < -0.3 is 5.32 Å². The first-order valence-electron chi connectivity index (χ1n) is 8.07. The zero-order chi connectivity index (χ0) is 16.8. The van der Waals surface area contributed by atoms with E-state index in [-0.39, 0.29) is 6.04 Å². The summed E-state index contributed by atoms with van der Waals surface area (Å²) in [7, 11) is 0. The number of benzene rings is 1. The molecular formula is C19H20ClN3S. The number of aromatic nitrogens is 1. The average molecular weight is 358 g/mol. The van der Waals surface area contributed by atoms with E-state index >= 15 is 0 Å². The molecule has 2 aromatic rings. The summed E-state index contributed by atoms with van der Waals surface area (Å²) in [4.78, 5) is 5.30. The Labute approximate surface area is 152 Å². The molecule has 0 radical (unpaired) electrons. The lowest BCUT2D eigenvalue weighted by molar-refractivity contribution is 0.311. The zero-order valence-electron chi connectivity index (χ0n) is 13.3. The van der Waals surface area contributed by atoms with E-state index in [4.69, 9.17) is 18.0 Å². The van der Waals surface area contributed by atoms with E-state index in [1.807, 2.05) is 30.5 Å². The minimum atomic E-state index is 0.279. The van der Waals surface area contributed by atoms with Crippen LogP contribution in [0.15, 0.2) is 47.5 Å². The third-order valence-electron chi connectivity index (χ3n) is 4.27. The summed E-state index contributed by atoms with van der Waals surface area (Å²) in [5.41, 5.74) is 1.93. The molecule has 3 rings (SSSR count). The van der Waals surface area contributed by atoms with Crippen LogP contribution in [0.2, 0.25) is 5.02 Å². The number of nitrogens with one attached hydrogen (secondary N) is 2. The fraction of sp³-hybridized carbons (Fsp3) is 0.316. The Balaban J connectivity index is 1.73. The molecule has 0 saturated carbocycles. The Morgan fingerprint density at radius 1 is 1.21 bits per heavy atom. The average Bonchev–Trinajstić information content (AvgIpc) is 2.65. The monoisotopic (exact) mass is 357 g/mol. The number of piperidine rings is 1. The van der Waals surface area contributed by atoms with Gasteiger partial charge >= 0.3 is 0 Å². The van der Waals surface area contributed by atoms with Gasteiger partial charge in [0.05, 0.1) is 0 Å². The van der Waals surface area contributed by atoms with Gasteiger partial charge in [0.15, 0.2) is 0 Å². The van der Waals surface area contributed by atoms with E-state index in [2.05, 4.69) is 33.1 Å². The molecule has 1 aliphatic heterocycles. The standard InChI is InChI=1S/C19H20ClN3S/c1-2-17-7-8-18(13-22-17)24-23-19(15-9-11-21-12-10-15)14-3-5-16(20)6-4-14/h1,3-8,13,15,19,21,23H,9-12H2. The van der Waals surface area contributed by atoms with Crippen LogP contribution in [0.5, 0.6) is 0 Å². The smallest absolute Gasteiger partial charge is 0.112 e. The highest BCUT2D eigenvalue weighted by Crippen LogP contribution is 2.32. The van der Waals surface area contributed by atoms with Crippen molar-refractivity contribution in [1.82, 2.24) is 15.0 Å². The molecule has 1 aliphatic rings. The Kier molecular flexibility index (Phi) is 6.17. The predicted octanol–water partition coefficient (Wildman–Crippen LogP) is 4.05. The SMILES string of the molecule is C#Cc1ccc(SNC(c2ccc(Cl)cc2)C2CCNCC2)cn1. The van der Waals surface area contributed by atoms with Crippen LogP contribution in [0.25, 0.3) is 0 Å². The van der Waals surface area contributed by atoms with E-state index in [9.17, 15) is 0 Å². The molecule has 0 spiro atoms. The molecule has 1 aromatic heterocycles. The van der Waals surface area contributed by atoms with E-state index in [0.29, 0.717) is 11.6 Å². The lowest BCUT2D eigenvalue weighted by Gasteiger charge is -2.31. The minimum Gasteiger partial charge on any atom is -0.317 e. The fourth-order valence-electron chi connectivity index (χ4n) is 2.94. The molecule has 1 atom stereocenters. The number of pyridine rings is 1. The molecule has 124 valence electrons. The second-order valence-electron chi connectivity index (χ2n) is 5.86. The minimum absolute atomic E-state index is 0.279. The van der Waals surface area contributed by atoms with Gasteiger partial charge in [0, 0.05) is 22.2 Å². The number of terminal acetylenes is 1. The lowest BCUT2D eigenvalue weighted by Crippen LogP contribution is -2.34. The van der Waals surface area contributed by atoms with Crippen LogP contribution in [0.4, 0.5) is 0 Å². The number of halogens is 1. The van der Waals surface area contributed by atoms with Crippen LogP contribution >= 0.6 is 23.5 Å². The van der Waals surface area contributed by atoms with Gasteiger partial charge in [-0.15, -0.1) is 6.42 Å². The van der Waals surface area contributed by atoms with Gasteiger partial charge in [-0.05, 0) is 73.6 Å². The van der Waals surface area contributed by atoms with E-state index in [1.165, 1.54) is 5.56 Å². The number of hydrogen-bond donors (Lipinski definition) is 2. The third-order valence-corrected chi connectivity index (χ3v) is 5.37. The molecule has 5 heteroatoms. The molecule has 0 bridgehead atoms. The number of rotatable bonds is 5. The molecule has 2 N–H and O–H groups in total. The first-order chi connectivity index (χ1) is 11.8. The maximum absolute atomic E-state index is 6.04. The Morgan fingerprint density at radius 3 is 2.58 bits per heavy atom. The summed E-state index contributed by atoms with van der Waals surface area (Å²) in [6.45, 7) is 2.14. The van der Waals surface area contributed by atoms with E-state index in [0.717, 1.165) is 35.8 Å². The predicted molar refractivity (Wildman–Crippen MR) is 101 cm³/mol. The third kappa shape index (κ3) is 4.52. The first-order valence-corrected chi connectivity index (χ1v) is 9.27. The number of hydrogen-bond acceptors (Lipinski definition) is 4. The molecule has 0 aliphatic carbocycles. The molecule has 24 heavy (non-hydrogen) atoms. The summed E-state index contributed by atoms with van der Waals surface area (Å²) in [5.74, 6) is 3.14. The summed E-state index contributed by atoms with van der Waals surface area (Å²) in [5, 5.41) is 4.20. The van der Waals surface area contributed by atoms with Gasteiger partial charge in [-0.25, -0.2) is 4.98 Å². The van der Waals surface area contributed by atoms with Crippen molar-refractivity contribution >= 4 is 23.5 Å². The highest BCUT2D eigenvalue weighted by Gasteiger charge is 2.25. The van der Waals surface area contributed by atoms with Gasteiger partial charge in [-0.1, -0.05) is 29.7 Å². The zero-order valence-corrected chi connectivity index (χ0v) is 14.9. The van der Waals surface area contributed by atoms with Crippen molar-refractivity contribution in [2.24, 2.45) is 5.92 Å². The van der Waals surface area contributed by atoms with Crippen LogP contribution in [0.1, 0.15) is 30.1 Å². The summed E-state index contributed by atoms with van der Waals surface area (Å²) in [6.07, 6.45) is 9.49. The van der Waals surface area contributed by atoms with Gasteiger partial charge in [-0.2, -0.15) is 0 Å². The van der Waals surface area contributed by atoms with Crippen LogP contribution in [0.3, 0.4) is 0 Å². The van der Waals surface area contributed by atoms with Crippen molar-refractivity contribution in [3.63, 3.8) is 0 Å². The molecule has 1 aromatic carbocycles. The van der Waals surface area contributed by atoms with Crippen molar-refractivity contribution < 1.29 is 0 Å². The van der Waals surface area contributed by atoms with Gasteiger partial charge in [0.2, 0.25) is 0 Å².